The number of halogens is 1. The number of benzene rings is 1. The Bertz CT molecular complexity index is 327. The van der Waals surface area contributed by atoms with Crippen molar-refractivity contribution in [2.75, 3.05) is 0 Å². The Morgan fingerprint density at radius 3 is 2.56 bits per heavy atom. The van der Waals surface area contributed by atoms with Gasteiger partial charge in [0.1, 0.15) is 0 Å². The monoisotopic (exact) mass is 241 g/mol. The van der Waals surface area contributed by atoms with Crippen molar-refractivity contribution in [3.8, 4) is 0 Å². The molecule has 0 amide bonds. The average Bonchev–Trinajstić information content (AvgIpc) is 2.16. The van der Waals surface area contributed by atoms with E-state index in [1.807, 2.05) is 25.1 Å². The van der Waals surface area contributed by atoms with Gasteiger partial charge in [-0.2, -0.15) is 0 Å². The molecule has 0 fully saturated rings. The molecule has 3 heteroatoms. The topological polar surface area (TPSA) is 32.3 Å². The summed E-state index contributed by atoms with van der Waals surface area (Å²) in [5.74, 6) is 0. The fourth-order valence-corrected chi connectivity index (χ4v) is 2.08. The van der Waals surface area contributed by atoms with E-state index in [1.54, 1.807) is 0 Å². The van der Waals surface area contributed by atoms with Crippen molar-refractivity contribution in [1.29, 1.82) is 0 Å². The van der Waals surface area contributed by atoms with E-state index in [1.165, 1.54) is 5.56 Å². The molecule has 1 aromatic rings. The molecule has 0 aliphatic heterocycles. The fourth-order valence-electron chi connectivity index (χ4n) is 1.88. The molecule has 0 aliphatic rings. The number of aliphatic hydroxyl groups is 1. The van der Waals surface area contributed by atoms with E-state index in [-0.39, 0.29) is 18.2 Å². The zero-order chi connectivity index (χ0) is 12.1. The maximum Gasteiger partial charge on any atom is 0.0526 e. The highest BCUT2D eigenvalue weighted by Gasteiger charge is 2.11. The van der Waals surface area contributed by atoms with Crippen LogP contribution in [0.3, 0.4) is 0 Å². The highest BCUT2D eigenvalue weighted by atomic mass is 35.5. The molecule has 2 nitrogen and oxygen atoms in total. The minimum absolute atomic E-state index is 0.243. The first-order valence-electron chi connectivity index (χ1n) is 5.68. The fraction of sp³-hybridized carbons (Fsp3) is 0.538. The minimum Gasteiger partial charge on any atom is -0.393 e. The van der Waals surface area contributed by atoms with Crippen molar-refractivity contribution in [1.82, 2.24) is 5.32 Å². The maximum absolute atomic E-state index is 9.29. The third-order valence-electron chi connectivity index (χ3n) is 2.58. The smallest absolute Gasteiger partial charge is 0.0526 e. The molecule has 0 saturated carbocycles. The van der Waals surface area contributed by atoms with Gasteiger partial charge in [-0.1, -0.05) is 23.7 Å². The molecule has 3 unspecified atom stereocenters. The Balaban J connectivity index is 2.55. The second kappa shape index (κ2) is 6.24. The Labute approximate surface area is 103 Å². The normalized spacial score (nSPS) is 16.8. The van der Waals surface area contributed by atoms with Crippen molar-refractivity contribution in [2.45, 2.75) is 45.4 Å². The van der Waals surface area contributed by atoms with Crippen LogP contribution in [-0.2, 0) is 0 Å². The van der Waals surface area contributed by atoms with Crippen molar-refractivity contribution in [3.63, 3.8) is 0 Å². The molecular formula is C13H20ClNO. The molecule has 16 heavy (non-hydrogen) atoms. The number of nitrogens with one attached hydrogen (secondary N) is 1. The molecule has 3 atom stereocenters. The minimum atomic E-state index is -0.269. The summed E-state index contributed by atoms with van der Waals surface area (Å²) in [5.41, 5.74) is 1.17. The maximum atomic E-state index is 9.29. The van der Waals surface area contributed by atoms with Crippen LogP contribution in [0.1, 0.15) is 38.8 Å². The van der Waals surface area contributed by atoms with E-state index in [9.17, 15) is 5.11 Å². The Morgan fingerprint density at radius 1 is 1.31 bits per heavy atom. The summed E-state index contributed by atoms with van der Waals surface area (Å²) in [4.78, 5) is 0. The summed E-state index contributed by atoms with van der Waals surface area (Å²) in [6.07, 6.45) is 0.485. The Kier molecular flexibility index (Phi) is 5.26. The summed E-state index contributed by atoms with van der Waals surface area (Å²) >= 11 is 5.94. The first-order chi connectivity index (χ1) is 7.49. The van der Waals surface area contributed by atoms with Crippen LogP contribution in [-0.4, -0.2) is 17.3 Å². The van der Waals surface area contributed by atoms with Crippen molar-refractivity contribution in [3.05, 3.63) is 34.9 Å². The van der Waals surface area contributed by atoms with Gasteiger partial charge in [0.05, 0.1) is 6.10 Å². The second-order valence-corrected chi connectivity index (χ2v) is 4.87. The average molecular weight is 242 g/mol. The highest BCUT2D eigenvalue weighted by Crippen LogP contribution is 2.18. The Morgan fingerprint density at radius 2 is 2.00 bits per heavy atom. The van der Waals surface area contributed by atoms with Gasteiger partial charge in [0.2, 0.25) is 0 Å². The lowest BCUT2D eigenvalue weighted by Gasteiger charge is -2.21. The van der Waals surface area contributed by atoms with E-state index >= 15 is 0 Å². The number of hydrogen-bond donors (Lipinski definition) is 2. The second-order valence-electron chi connectivity index (χ2n) is 4.43. The molecule has 0 radical (unpaired) electrons. The van der Waals surface area contributed by atoms with Crippen LogP contribution in [0.25, 0.3) is 0 Å². The molecule has 0 spiro atoms. The lowest BCUT2D eigenvalue weighted by atomic mass is 10.1. The van der Waals surface area contributed by atoms with Gasteiger partial charge in [0.25, 0.3) is 0 Å². The van der Waals surface area contributed by atoms with Gasteiger partial charge < -0.3 is 10.4 Å². The van der Waals surface area contributed by atoms with Crippen molar-refractivity contribution in [2.24, 2.45) is 0 Å². The summed E-state index contributed by atoms with van der Waals surface area (Å²) in [6, 6.07) is 8.38. The molecular weight excluding hydrogens is 222 g/mol. The van der Waals surface area contributed by atoms with Gasteiger partial charge in [0.15, 0.2) is 0 Å². The summed E-state index contributed by atoms with van der Waals surface area (Å²) < 4.78 is 0. The highest BCUT2D eigenvalue weighted by molar-refractivity contribution is 6.30. The SMILES string of the molecule is CC(O)CC(C)NC(C)c1cccc(Cl)c1. The first-order valence-corrected chi connectivity index (χ1v) is 6.06. The van der Waals surface area contributed by atoms with Gasteiger partial charge >= 0.3 is 0 Å². The predicted molar refractivity (Wildman–Crippen MR) is 68.8 cm³/mol. The number of hydrogen-bond acceptors (Lipinski definition) is 2. The number of aliphatic hydroxyl groups excluding tert-OH is 1. The molecule has 0 aliphatic carbocycles. The van der Waals surface area contributed by atoms with Crippen LogP contribution >= 0.6 is 11.6 Å². The van der Waals surface area contributed by atoms with Gasteiger partial charge in [0, 0.05) is 17.1 Å². The largest absolute Gasteiger partial charge is 0.393 e. The van der Waals surface area contributed by atoms with E-state index in [4.69, 9.17) is 11.6 Å². The third-order valence-corrected chi connectivity index (χ3v) is 2.81. The molecule has 2 N–H and O–H groups in total. The van der Waals surface area contributed by atoms with Crippen molar-refractivity contribution < 1.29 is 5.11 Å². The number of rotatable bonds is 5. The first kappa shape index (κ1) is 13.5. The summed E-state index contributed by atoms with van der Waals surface area (Å²) in [5, 5.41) is 13.5. The van der Waals surface area contributed by atoms with Crippen molar-refractivity contribution >= 4 is 11.6 Å². The van der Waals surface area contributed by atoms with Crippen LogP contribution in [0, 0.1) is 0 Å². The zero-order valence-electron chi connectivity index (χ0n) is 10.1. The Hall–Kier alpha value is -0.570. The molecule has 0 saturated heterocycles. The lowest BCUT2D eigenvalue weighted by Crippen LogP contribution is -2.31. The molecule has 1 aromatic carbocycles. The lowest BCUT2D eigenvalue weighted by molar-refractivity contribution is 0.168. The van der Waals surface area contributed by atoms with E-state index in [2.05, 4.69) is 25.2 Å². The van der Waals surface area contributed by atoms with E-state index in [0.717, 1.165) is 11.4 Å². The molecule has 1 rings (SSSR count). The summed E-state index contributed by atoms with van der Waals surface area (Å²) in [6.45, 7) is 5.99. The van der Waals surface area contributed by atoms with Crippen LogP contribution in [0.4, 0.5) is 0 Å². The van der Waals surface area contributed by atoms with E-state index < -0.39 is 0 Å². The third kappa shape index (κ3) is 4.52. The van der Waals surface area contributed by atoms with E-state index in [0.29, 0.717) is 0 Å². The van der Waals surface area contributed by atoms with Crippen LogP contribution in [0.2, 0.25) is 5.02 Å². The molecule has 0 aromatic heterocycles. The van der Waals surface area contributed by atoms with Gasteiger partial charge in [-0.05, 0) is 44.9 Å². The van der Waals surface area contributed by atoms with Crippen LogP contribution in [0.5, 0.6) is 0 Å². The molecule has 0 heterocycles. The van der Waals surface area contributed by atoms with Crippen LogP contribution in [0.15, 0.2) is 24.3 Å². The van der Waals surface area contributed by atoms with Gasteiger partial charge in [-0.3, -0.25) is 0 Å². The quantitative estimate of drug-likeness (QED) is 0.830. The summed E-state index contributed by atoms with van der Waals surface area (Å²) in [7, 11) is 0. The molecule has 90 valence electrons. The zero-order valence-corrected chi connectivity index (χ0v) is 10.8. The standard InChI is InChI=1S/C13H20ClNO/c1-9(7-10(2)16)15-11(3)12-5-4-6-13(14)8-12/h4-6,8-11,15-16H,7H2,1-3H3. The molecule has 0 bridgehead atoms. The van der Waals surface area contributed by atoms with Gasteiger partial charge in [-0.15, -0.1) is 0 Å². The predicted octanol–water partition coefficient (Wildman–Crippen LogP) is 3.15. The van der Waals surface area contributed by atoms with Crippen LogP contribution < -0.4 is 5.32 Å². The van der Waals surface area contributed by atoms with Gasteiger partial charge in [-0.25, -0.2) is 0 Å².